The van der Waals surface area contributed by atoms with Gasteiger partial charge in [0.05, 0.1) is 14.2 Å². The fourth-order valence-electron chi connectivity index (χ4n) is 1.47. The summed E-state index contributed by atoms with van der Waals surface area (Å²) in [6.07, 6.45) is 1.40. The molecule has 1 aromatic carbocycles. The molecule has 2 rings (SSSR count). The van der Waals surface area contributed by atoms with E-state index in [1.54, 1.807) is 26.4 Å². The van der Waals surface area contributed by atoms with Crippen LogP contribution in [-0.2, 0) is 0 Å². The van der Waals surface area contributed by atoms with Crippen LogP contribution in [0.5, 0.6) is 11.5 Å². The van der Waals surface area contributed by atoms with E-state index >= 15 is 0 Å². The number of aromatic nitrogens is 2. The molecule has 0 atom stereocenters. The normalized spacial score (nSPS) is 9.89. The number of nitrogens with two attached hydrogens (primary N) is 1. The van der Waals surface area contributed by atoms with Crippen LogP contribution in [0.3, 0.4) is 0 Å². The van der Waals surface area contributed by atoms with Crippen molar-refractivity contribution in [3.05, 3.63) is 30.6 Å². The summed E-state index contributed by atoms with van der Waals surface area (Å²) >= 11 is 0. The minimum atomic E-state index is 0.405. The van der Waals surface area contributed by atoms with Gasteiger partial charge < -0.3 is 20.5 Å². The van der Waals surface area contributed by atoms with Gasteiger partial charge in [-0.05, 0) is 0 Å². The highest BCUT2D eigenvalue weighted by atomic mass is 16.5. The van der Waals surface area contributed by atoms with Crippen LogP contribution in [0.1, 0.15) is 0 Å². The van der Waals surface area contributed by atoms with Crippen molar-refractivity contribution in [3.63, 3.8) is 0 Å². The second-order valence-electron chi connectivity index (χ2n) is 3.55. The third-order valence-corrected chi connectivity index (χ3v) is 2.31. The minimum Gasteiger partial charge on any atom is -0.497 e. The Morgan fingerprint density at radius 1 is 1.00 bits per heavy atom. The first-order chi connectivity index (χ1) is 8.71. The largest absolute Gasteiger partial charge is 0.497 e. The van der Waals surface area contributed by atoms with Crippen molar-refractivity contribution >= 4 is 17.3 Å². The highest BCUT2D eigenvalue weighted by molar-refractivity contribution is 5.62. The molecular weight excluding hydrogens is 232 g/mol. The maximum Gasteiger partial charge on any atom is 0.135 e. The summed E-state index contributed by atoms with van der Waals surface area (Å²) in [4.78, 5) is 7.89. The lowest BCUT2D eigenvalue weighted by Crippen LogP contribution is -1.98. The Hall–Kier alpha value is -2.50. The second-order valence-corrected chi connectivity index (χ2v) is 3.55. The second kappa shape index (κ2) is 5.22. The van der Waals surface area contributed by atoms with E-state index in [9.17, 15) is 0 Å². The number of nitrogens with one attached hydrogen (secondary N) is 1. The lowest BCUT2D eigenvalue weighted by atomic mass is 10.2. The van der Waals surface area contributed by atoms with E-state index in [2.05, 4.69) is 15.3 Å². The molecule has 0 spiro atoms. The first-order valence-electron chi connectivity index (χ1n) is 5.29. The Kier molecular flexibility index (Phi) is 3.47. The maximum absolute atomic E-state index is 5.58. The van der Waals surface area contributed by atoms with Crippen molar-refractivity contribution in [2.24, 2.45) is 0 Å². The van der Waals surface area contributed by atoms with Gasteiger partial charge in [-0.2, -0.15) is 0 Å². The van der Waals surface area contributed by atoms with Gasteiger partial charge in [0.2, 0.25) is 0 Å². The SMILES string of the molecule is COc1cc(Nc2cc(N)ncn2)cc(OC)c1. The summed E-state index contributed by atoms with van der Waals surface area (Å²) < 4.78 is 10.4. The Bertz CT molecular complexity index is 523. The number of hydrogen-bond acceptors (Lipinski definition) is 6. The van der Waals surface area contributed by atoms with Crippen LogP contribution in [0.15, 0.2) is 30.6 Å². The first kappa shape index (κ1) is 12.0. The van der Waals surface area contributed by atoms with Crippen molar-refractivity contribution in [3.8, 4) is 11.5 Å². The van der Waals surface area contributed by atoms with Crippen molar-refractivity contribution in [2.45, 2.75) is 0 Å². The topological polar surface area (TPSA) is 82.3 Å². The molecule has 1 aromatic heterocycles. The Morgan fingerprint density at radius 2 is 1.67 bits per heavy atom. The zero-order valence-electron chi connectivity index (χ0n) is 10.2. The van der Waals surface area contributed by atoms with Crippen molar-refractivity contribution in [1.29, 1.82) is 0 Å². The summed E-state index contributed by atoms with van der Waals surface area (Å²) in [5.41, 5.74) is 6.38. The molecule has 2 aromatic rings. The molecule has 0 fully saturated rings. The predicted molar refractivity (Wildman–Crippen MR) is 69.3 cm³/mol. The van der Waals surface area contributed by atoms with Gasteiger partial charge in [0.1, 0.15) is 29.5 Å². The molecule has 0 aliphatic heterocycles. The molecule has 18 heavy (non-hydrogen) atoms. The molecule has 6 nitrogen and oxygen atoms in total. The summed E-state index contributed by atoms with van der Waals surface area (Å²) in [5.74, 6) is 2.40. The molecule has 0 saturated heterocycles. The van der Waals surface area contributed by atoms with E-state index in [4.69, 9.17) is 15.2 Å². The zero-order valence-corrected chi connectivity index (χ0v) is 10.2. The Morgan fingerprint density at radius 3 is 2.22 bits per heavy atom. The Labute approximate surface area is 105 Å². The number of nitrogens with zero attached hydrogens (tertiary/aromatic N) is 2. The number of nitrogen functional groups attached to an aromatic ring is 1. The van der Waals surface area contributed by atoms with Crippen LogP contribution < -0.4 is 20.5 Å². The van der Waals surface area contributed by atoms with Gasteiger partial charge in [-0.1, -0.05) is 0 Å². The molecule has 0 amide bonds. The van der Waals surface area contributed by atoms with Gasteiger partial charge in [0, 0.05) is 30.0 Å². The smallest absolute Gasteiger partial charge is 0.135 e. The van der Waals surface area contributed by atoms with E-state index < -0.39 is 0 Å². The van der Waals surface area contributed by atoms with E-state index in [0.29, 0.717) is 23.1 Å². The molecule has 94 valence electrons. The van der Waals surface area contributed by atoms with E-state index in [1.807, 2.05) is 12.1 Å². The molecule has 3 N–H and O–H groups in total. The summed E-state index contributed by atoms with van der Waals surface area (Å²) in [6.45, 7) is 0. The molecule has 6 heteroatoms. The van der Waals surface area contributed by atoms with Crippen LogP contribution in [0, 0.1) is 0 Å². The van der Waals surface area contributed by atoms with Gasteiger partial charge in [0.25, 0.3) is 0 Å². The summed E-state index contributed by atoms with van der Waals surface area (Å²) in [5, 5.41) is 3.10. The summed E-state index contributed by atoms with van der Waals surface area (Å²) in [7, 11) is 3.20. The number of benzene rings is 1. The third kappa shape index (κ3) is 2.79. The maximum atomic E-state index is 5.58. The van der Waals surface area contributed by atoms with Crippen molar-refractivity contribution < 1.29 is 9.47 Å². The third-order valence-electron chi connectivity index (χ3n) is 2.31. The van der Waals surface area contributed by atoms with Crippen LogP contribution in [0.2, 0.25) is 0 Å². The number of methoxy groups -OCH3 is 2. The predicted octanol–water partition coefficient (Wildman–Crippen LogP) is 1.82. The van der Waals surface area contributed by atoms with E-state index in [0.717, 1.165) is 5.69 Å². The van der Waals surface area contributed by atoms with Crippen LogP contribution >= 0.6 is 0 Å². The quantitative estimate of drug-likeness (QED) is 0.856. The fourth-order valence-corrected chi connectivity index (χ4v) is 1.47. The lowest BCUT2D eigenvalue weighted by molar-refractivity contribution is 0.395. The van der Waals surface area contributed by atoms with E-state index in [1.165, 1.54) is 6.33 Å². The minimum absolute atomic E-state index is 0.405. The van der Waals surface area contributed by atoms with Crippen molar-refractivity contribution in [1.82, 2.24) is 9.97 Å². The molecule has 0 bridgehead atoms. The van der Waals surface area contributed by atoms with Crippen LogP contribution in [-0.4, -0.2) is 24.2 Å². The zero-order chi connectivity index (χ0) is 13.0. The highest BCUT2D eigenvalue weighted by Crippen LogP contribution is 2.27. The van der Waals surface area contributed by atoms with Gasteiger partial charge in [0.15, 0.2) is 0 Å². The lowest BCUT2D eigenvalue weighted by Gasteiger charge is -2.10. The average molecular weight is 246 g/mol. The fraction of sp³-hybridized carbons (Fsp3) is 0.167. The van der Waals surface area contributed by atoms with Gasteiger partial charge >= 0.3 is 0 Å². The van der Waals surface area contributed by atoms with Gasteiger partial charge in [-0.3, -0.25) is 0 Å². The molecule has 0 saturated carbocycles. The van der Waals surface area contributed by atoms with E-state index in [-0.39, 0.29) is 0 Å². The van der Waals surface area contributed by atoms with Crippen molar-refractivity contribution in [2.75, 3.05) is 25.3 Å². The first-order valence-corrected chi connectivity index (χ1v) is 5.29. The number of rotatable bonds is 4. The number of ether oxygens (including phenoxy) is 2. The molecule has 0 aliphatic rings. The molecule has 0 unspecified atom stereocenters. The Balaban J connectivity index is 2.28. The molecular formula is C12H14N4O2. The van der Waals surface area contributed by atoms with Gasteiger partial charge in [-0.15, -0.1) is 0 Å². The number of anilines is 3. The number of hydrogen-bond donors (Lipinski definition) is 2. The van der Waals surface area contributed by atoms with Crippen LogP contribution in [0.4, 0.5) is 17.3 Å². The molecule has 0 aliphatic carbocycles. The van der Waals surface area contributed by atoms with Gasteiger partial charge in [-0.25, -0.2) is 9.97 Å². The standard InChI is InChI=1S/C12H14N4O2/c1-17-9-3-8(4-10(5-9)18-2)16-12-6-11(13)14-7-15-12/h3-7H,1-2H3,(H3,13,14,15,16). The summed E-state index contributed by atoms with van der Waals surface area (Å²) in [6, 6.07) is 7.10. The average Bonchev–Trinajstić information content (AvgIpc) is 2.38. The monoisotopic (exact) mass is 246 g/mol. The molecule has 1 heterocycles. The molecule has 0 radical (unpaired) electrons. The van der Waals surface area contributed by atoms with Crippen LogP contribution in [0.25, 0.3) is 0 Å². The highest BCUT2D eigenvalue weighted by Gasteiger charge is 2.03.